The van der Waals surface area contributed by atoms with Gasteiger partial charge in [0, 0.05) is 18.0 Å². The largest absolute Gasteiger partial charge is 0.463 e. The van der Waals surface area contributed by atoms with Crippen LogP contribution in [-0.4, -0.2) is 26.0 Å². The van der Waals surface area contributed by atoms with Crippen molar-refractivity contribution in [1.29, 1.82) is 0 Å². The smallest absolute Gasteiger partial charge is 0.432 e. The van der Waals surface area contributed by atoms with Crippen molar-refractivity contribution in [2.24, 2.45) is 0 Å². The van der Waals surface area contributed by atoms with Crippen molar-refractivity contribution in [1.82, 2.24) is 14.8 Å². The Balaban J connectivity index is 1.49. The van der Waals surface area contributed by atoms with E-state index >= 15 is 0 Å². The molecular formula is C20H20FN5O2. The van der Waals surface area contributed by atoms with Crippen LogP contribution in [0.2, 0.25) is 0 Å². The number of benzene rings is 1. The average molecular weight is 381 g/mol. The second-order valence-corrected chi connectivity index (χ2v) is 6.87. The lowest BCUT2D eigenvalue weighted by Gasteiger charge is -2.15. The van der Waals surface area contributed by atoms with Gasteiger partial charge in [-0.15, -0.1) is 5.10 Å². The third kappa shape index (κ3) is 3.95. The molecule has 3 N–H and O–H groups in total. The van der Waals surface area contributed by atoms with Crippen molar-refractivity contribution in [3.05, 3.63) is 65.6 Å². The highest BCUT2D eigenvalue weighted by Gasteiger charge is 2.30. The summed E-state index contributed by atoms with van der Waals surface area (Å²) in [7, 11) is 0. The fourth-order valence-electron chi connectivity index (χ4n) is 3.05. The second-order valence-electron chi connectivity index (χ2n) is 6.87. The normalized spacial score (nSPS) is 14.5. The highest BCUT2D eigenvalue weighted by molar-refractivity contribution is 5.70. The summed E-state index contributed by atoms with van der Waals surface area (Å²) in [5.74, 6) is 1.62. The zero-order chi connectivity index (χ0) is 19.7. The van der Waals surface area contributed by atoms with Crippen molar-refractivity contribution >= 4 is 23.5 Å². The molecule has 0 amide bonds. The number of nitrogens with one attached hydrogen (secondary N) is 2. The van der Waals surface area contributed by atoms with Gasteiger partial charge >= 0.3 is 6.09 Å². The Morgan fingerprint density at radius 3 is 2.57 bits per heavy atom. The van der Waals surface area contributed by atoms with Crippen LogP contribution in [0.4, 0.5) is 26.6 Å². The maximum Gasteiger partial charge on any atom is 0.432 e. The average Bonchev–Trinajstić information content (AvgIpc) is 3.43. The van der Waals surface area contributed by atoms with Crippen LogP contribution in [0.3, 0.4) is 0 Å². The second kappa shape index (κ2) is 7.30. The Bertz CT molecular complexity index is 998. The van der Waals surface area contributed by atoms with Crippen LogP contribution in [0.1, 0.15) is 43.0 Å². The minimum atomic E-state index is -1.09. The zero-order valence-electron chi connectivity index (χ0n) is 15.3. The van der Waals surface area contributed by atoms with E-state index in [-0.39, 0.29) is 17.8 Å². The topological polar surface area (TPSA) is 92.1 Å². The predicted molar refractivity (Wildman–Crippen MR) is 104 cm³/mol. The molecule has 0 spiro atoms. The van der Waals surface area contributed by atoms with Crippen molar-refractivity contribution in [3.63, 3.8) is 0 Å². The van der Waals surface area contributed by atoms with Gasteiger partial charge in [0.1, 0.15) is 17.5 Å². The number of hydrogen-bond acceptors (Lipinski definition) is 5. The lowest BCUT2D eigenvalue weighted by molar-refractivity contribution is 0.192. The fourth-order valence-corrected chi connectivity index (χ4v) is 3.05. The van der Waals surface area contributed by atoms with Crippen molar-refractivity contribution in [3.8, 4) is 0 Å². The van der Waals surface area contributed by atoms with Gasteiger partial charge in [0.25, 0.3) is 0 Å². The van der Waals surface area contributed by atoms with Crippen molar-refractivity contribution < 1.29 is 14.3 Å². The first-order valence-electron chi connectivity index (χ1n) is 9.09. The van der Waals surface area contributed by atoms with Crippen LogP contribution in [0.25, 0.3) is 0 Å². The van der Waals surface area contributed by atoms with Gasteiger partial charge in [-0.25, -0.2) is 14.2 Å². The zero-order valence-corrected chi connectivity index (χ0v) is 15.3. The lowest BCUT2D eigenvalue weighted by Crippen LogP contribution is -2.13. The van der Waals surface area contributed by atoms with Crippen LogP contribution < -0.4 is 10.6 Å². The molecule has 0 bridgehead atoms. The van der Waals surface area contributed by atoms with Crippen LogP contribution in [0, 0.1) is 5.82 Å². The maximum absolute atomic E-state index is 13.1. The molecular weight excluding hydrogens is 361 g/mol. The van der Waals surface area contributed by atoms with E-state index in [9.17, 15) is 14.3 Å². The molecule has 8 heteroatoms. The summed E-state index contributed by atoms with van der Waals surface area (Å²) in [6.07, 6.45) is 0.876. The van der Waals surface area contributed by atoms with Gasteiger partial charge in [0.2, 0.25) is 0 Å². The number of carbonyl (C=O) groups is 1. The van der Waals surface area contributed by atoms with E-state index in [1.807, 2.05) is 19.1 Å². The SMILES string of the molecule is CC(Nc1cccc(Nc2cc(C3CC3)n(C(=O)O)n2)n1)c1ccc(F)cc1. The van der Waals surface area contributed by atoms with E-state index in [1.54, 1.807) is 24.3 Å². The summed E-state index contributed by atoms with van der Waals surface area (Å²) in [4.78, 5) is 15.9. The molecule has 1 fully saturated rings. The molecule has 0 aliphatic heterocycles. The molecule has 1 aromatic carbocycles. The molecule has 0 saturated heterocycles. The number of anilines is 3. The molecule has 2 aromatic heterocycles. The van der Waals surface area contributed by atoms with Crippen molar-refractivity contribution in [2.45, 2.75) is 31.7 Å². The van der Waals surface area contributed by atoms with Gasteiger partial charge in [0.15, 0.2) is 5.82 Å². The monoisotopic (exact) mass is 381 g/mol. The van der Waals surface area contributed by atoms with Crippen LogP contribution >= 0.6 is 0 Å². The summed E-state index contributed by atoms with van der Waals surface area (Å²) in [5, 5.41) is 19.8. The standard InChI is InChI=1S/C20H20FN5O2/c1-12(13-7-9-15(21)10-8-13)22-17-3-2-4-18(23-17)24-19-11-16(14-5-6-14)26(25-19)20(27)28/h2-4,7-12,14H,5-6H2,1H3,(H,27,28)(H2,22,23,24,25). The molecule has 1 aliphatic carbocycles. The molecule has 28 heavy (non-hydrogen) atoms. The van der Waals surface area contributed by atoms with Crippen LogP contribution in [0.15, 0.2) is 48.5 Å². The maximum atomic E-state index is 13.1. The minimum Gasteiger partial charge on any atom is -0.463 e. The molecule has 0 radical (unpaired) electrons. The van der Waals surface area contributed by atoms with E-state index in [0.29, 0.717) is 23.1 Å². The molecule has 4 rings (SSSR count). The molecule has 1 atom stereocenters. The Morgan fingerprint density at radius 1 is 1.18 bits per heavy atom. The highest BCUT2D eigenvalue weighted by atomic mass is 19.1. The Labute approximate surface area is 161 Å². The van der Waals surface area contributed by atoms with E-state index < -0.39 is 6.09 Å². The first-order valence-corrected chi connectivity index (χ1v) is 9.09. The fraction of sp³-hybridized carbons (Fsp3) is 0.250. The molecule has 2 heterocycles. The number of aromatic nitrogens is 3. The molecule has 3 aromatic rings. The summed E-state index contributed by atoms with van der Waals surface area (Å²) in [5.41, 5.74) is 1.64. The third-order valence-electron chi connectivity index (χ3n) is 4.65. The van der Waals surface area contributed by atoms with Gasteiger partial charge in [-0.1, -0.05) is 18.2 Å². The van der Waals surface area contributed by atoms with Crippen LogP contribution in [0.5, 0.6) is 0 Å². The summed E-state index contributed by atoms with van der Waals surface area (Å²) >= 11 is 0. The van der Waals surface area contributed by atoms with Crippen LogP contribution in [-0.2, 0) is 0 Å². The summed E-state index contributed by atoms with van der Waals surface area (Å²) in [6, 6.07) is 13.5. The quantitative estimate of drug-likeness (QED) is 0.571. The number of halogens is 1. The van der Waals surface area contributed by atoms with Crippen molar-refractivity contribution in [2.75, 3.05) is 10.6 Å². The molecule has 7 nitrogen and oxygen atoms in total. The predicted octanol–water partition coefficient (Wildman–Crippen LogP) is 4.74. The van der Waals surface area contributed by atoms with Gasteiger partial charge in [-0.2, -0.15) is 4.68 Å². The Kier molecular flexibility index (Phi) is 4.68. The van der Waals surface area contributed by atoms with Gasteiger partial charge in [-0.05, 0) is 49.6 Å². The van der Waals surface area contributed by atoms with Gasteiger partial charge in [0.05, 0.1) is 5.69 Å². The number of carboxylic acid groups (broad SMARTS) is 1. The summed E-state index contributed by atoms with van der Waals surface area (Å²) in [6.45, 7) is 1.96. The number of hydrogen-bond donors (Lipinski definition) is 3. The van der Waals surface area contributed by atoms with E-state index in [1.165, 1.54) is 12.1 Å². The first kappa shape index (κ1) is 18.0. The van der Waals surface area contributed by atoms with E-state index in [4.69, 9.17) is 0 Å². The van der Waals surface area contributed by atoms with Gasteiger partial charge < -0.3 is 15.7 Å². The summed E-state index contributed by atoms with van der Waals surface area (Å²) < 4.78 is 14.1. The number of nitrogens with zero attached hydrogens (tertiary/aromatic N) is 3. The van der Waals surface area contributed by atoms with E-state index in [0.717, 1.165) is 23.1 Å². The Hall–Kier alpha value is -3.42. The Morgan fingerprint density at radius 2 is 1.89 bits per heavy atom. The molecule has 1 aliphatic rings. The molecule has 1 unspecified atom stereocenters. The third-order valence-corrected chi connectivity index (χ3v) is 4.65. The minimum absolute atomic E-state index is 0.0592. The number of pyridine rings is 1. The first-order chi connectivity index (χ1) is 13.5. The van der Waals surface area contributed by atoms with Gasteiger partial charge in [-0.3, -0.25) is 0 Å². The highest BCUT2D eigenvalue weighted by Crippen LogP contribution is 2.41. The molecule has 1 saturated carbocycles. The molecule has 144 valence electrons. The number of rotatable bonds is 6. The lowest BCUT2D eigenvalue weighted by atomic mass is 10.1. The van der Waals surface area contributed by atoms with E-state index in [2.05, 4.69) is 20.7 Å².